The number of amides is 1. The van der Waals surface area contributed by atoms with E-state index in [4.69, 9.17) is 11.6 Å². The third kappa shape index (κ3) is 2.73. The van der Waals surface area contributed by atoms with Crippen LogP contribution in [0.5, 0.6) is 0 Å². The van der Waals surface area contributed by atoms with Gasteiger partial charge in [0.2, 0.25) is 0 Å². The van der Waals surface area contributed by atoms with E-state index in [-0.39, 0.29) is 11.9 Å². The molecular formula is C9H14ClN3O. The number of rotatable bonds is 4. The molecule has 1 heterocycles. The lowest BCUT2D eigenvalue weighted by Gasteiger charge is -2.11. The lowest BCUT2D eigenvalue weighted by Crippen LogP contribution is -2.34. The highest BCUT2D eigenvalue weighted by Gasteiger charge is 2.11. The Kier molecular flexibility index (Phi) is 3.95. The highest BCUT2D eigenvalue weighted by Crippen LogP contribution is 1.99. The minimum atomic E-state index is -0.109. The molecule has 0 aromatic carbocycles. The van der Waals surface area contributed by atoms with E-state index in [1.165, 1.54) is 0 Å². The molecule has 1 aromatic heterocycles. The van der Waals surface area contributed by atoms with E-state index in [0.29, 0.717) is 11.6 Å². The standard InChI is InChI=1S/C9H14ClN3O/c1-7(3-5-10)12-9(14)8-4-6-11-13(8)2/h4,6-7H,3,5H2,1-2H3,(H,12,14). The summed E-state index contributed by atoms with van der Waals surface area (Å²) in [6, 6.07) is 1.78. The number of alkyl halides is 1. The van der Waals surface area contributed by atoms with Crippen molar-refractivity contribution in [2.75, 3.05) is 5.88 Å². The molecule has 4 nitrogen and oxygen atoms in total. The summed E-state index contributed by atoms with van der Waals surface area (Å²) in [4.78, 5) is 11.6. The van der Waals surface area contributed by atoms with E-state index in [0.717, 1.165) is 6.42 Å². The molecule has 0 radical (unpaired) electrons. The molecule has 1 rings (SSSR count). The molecule has 0 bridgehead atoms. The number of hydrogen-bond donors (Lipinski definition) is 1. The first kappa shape index (κ1) is 11.0. The van der Waals surface area contributed by atoms with Gasteiger partial charge in [-0.2, -0.15) is 5.10 Å². The van der Waals surface area contributed by atoms with Gasteiger partial charge in [0, 0.05) is 25.2 Å². The minimum absolute atomic E-state index is 0.0925. The summed E-state index contributed by atoms with van der Waals surface area (Å²) in [5, 5.41) is 6.76. The van der Waals surface area contributed by atoms with Gasteiger partial charge in [-0.1, -0.05) is 0 Å². The number of carbonyl (C=O) groups excluding carboxylic acids is 1. The van der Waals surface area contributed by atoms with Crippen molar-refractivity contribution in [1.29, 1.82) is 0 Å². The number of aromatic nitrogens is 2. The van der Waals surface area contributed by atoms with Crippen molar-refractivity contribution >= 4 is 17.5 Å². The maximum atomic E-state index is 11.6. The van der Waals surface area contributed by atoms with Gasteiger partial charge in [-0.3, -0.25) is 9.48 Å². The fraction of sp³-hybridized carbons (Fsp3) is 0.556. The van der Waals surface area contributed by atoms with E-state index < -0.39 is 0 Å². The minimum Gasteiger partial charge on any atom is -0.348 e. The van der Waals surface area contributed by atoms with Crippen molar-refractivity contribution in [3.63, 3.8) is 0 Å². The Morgan fingerprint density at radius 2 is 2.50 bits per heavy atom. The van der Waals surface area contributed by atoms with Crippen LogP contribution in [-0.2, 0) is 7.05 Å². The summed E-state index contributed by atoms with van der Waals surface area (Å²) in [5.41, 5.74) is 0.562. The zero-order valence-corrected chi connectivity index (χ0v) is 9.08. The van der Waals surface area contributed by atoms with Crippen LogP contribution in [0.15, 0.2) is 12.3 Å². The largest absolute Gasteiger partial charge is 0.348 e. The van der Waals surface area contributed by atoms with Crippen molar-refractivity contribution in [2.45, 2.75) is 19.4 Å². The molecule has 0 fully saturated rings. The van der Waals surface area contributed by atoms with Crippen LogP contribution in [0.2, 0.25) is 0 Å². The van der Waals surface area contributed by atoms with Crippen LogP contribution < -0.4 is 5.32 Å². The summed E-state index contributed by atoms with van der Waals surface area (Å²) in [6.07, 6.45) is 2.37. The van der Waals surface area contributed by atoms with Crippen LogP contribution in [0.4, 0.5) is 0 Å². The Labute approximate surface area is 88.2 Å². The van der Waals surface area contributed by atoms with Crippen molar-refractivity contribution in [2.24, 2.45) is 7.05 Å². The maximum absolute atomic E-state index is 11.6. The molecule has 1 unspecified atom stereocenters. The first-order valence-corrected chi connectivity index (χ1v) is 5.03. The van der Waals surface area contributed by atoms with Crippen LogP contribution in [-0.4, -0.2) is 27.6 Å². The first-order chi connectivity index (χ1) is 6.65. The number of hydrogen-bond acceptors (Lipinski definition) is 2. The molecule has 1 N–H and O–H groups in total. The second kappa shape index (κ2) is 5.00. The van der Waals surface area contributed by atoms with Crippen LogP contribution in [0.1, 0.15) is 23.8 Å². The second-order valence-electron chi connectivity index (χ2n) is 3.19. The predicted octanol–water partition coefficient (Wildman–Crippen LogP) is 1.17. The Bertz CT molecular complexity index is 311. The highest BCUT2D eigenvalue weighted by molar-refractivity contribution is 6.17. The average molecular weight is 216 g/mol. The first-order valence-electron chi connectivity index (χ1n) is 4.50. The summed E-state index contributed by atoms with van der Waals surface area (Å²) < 4.78 is 1.54. The Hall–Kier alpha value is -1.03. The molecule has 1 atom stereocenters. The highest BCUT2D eigenvalue weighted by atomic mass is 35.5. The van der Waals surface area contributed by atoms with E-state index >= 15 is 0 Å². The van der Waals surface area contributed by atoms with Crippen LogP contribution in [0.3, 0.4) is 0 Å². The summed E-state index contributed by atoms with van der Waals surface area (Å²) in [5.74, 6) is 0.440. The quantitative estimate of drug-likeness (QED) is 0.767. The molecular weight excluding hydrogens is 202 g/mol. The second-order valence-corrected chi connectivity index (χ2v) is 3.57. The topological polar surface area (TPSA) is 46.9 Å². The van der Waals surface area contributed by atoms with E-state index in [9.17, 15) is 4.79 Å². The lowest BCUT2D eigenvalue weighted by atomic mass is 10.2. The number of halogens is 1. The van der Waals surface area contributed by atoms with Crippen molar-refractivity contribution in [3.05, 3.63) is 18.0 Å². The molecule has 0 saturated heterocycles. The summed E-state index contributed by atoms with van der Waals surface area (Å²) in [6.45, 7) is 1.93. The fourth-order valence-electron chi connectivity index (χ4n) is 1.13. The van der Waals surface area contributed by atoms with Crippen LogP contribution >= 0.6 is 11.6 Å². The van der Waals surface area contributed by atoms with E-state index in [1.807, 2.05) is 6.92 Å². The number of aryl methyl sites for hydroxylation is 1. The van der Waals surface area contributed by atoms with Gasteiger partial charge < -0.3 is 5.32 Å². The predicted molar refractivity (Wildman–Crippen MR) is 55.5 cm³/mol. The molecule has 0 aliphatic heterocycles. The molecule has 0 saturated carbocycles. The fourth-order valence-corrected chi connectivity index (χ4v) is 1.46. The normalized spacial score (nSPS) is 12.5. The number of carbonyl (C=O) groups is 1. The van der Waals surface area contributed by atoms with Gasteiger partial charge in [0.25, 0.3) is 5.91 Å². The van der Waals surface area contributed by atoms with Gasteiger partial charge in [0.15, 0.2) is 0 Å². The van der Waals surface area contributed by atoms with Gasteiger partial charge in [-0.15, -0.1) is 11.6 Å². The zero-order valence-electron chi connectivity index (χ0n) is 8.33. The van der Waals surface area contributed by atoms with Crippen molar-refractivity contribution in [3.8, 4) is 0 Å². The average Bonchev–Trinajstić information content (AvgIpc) is 2.51. The summed E-state index contributed by atoms with van der Waals surface area (Å²) >= 11 is 5.57. The molecule has 0 aliphatic rings. The maximum Gasteiger partial charge on any atom is 0.269 e. The SMILES string of the molecule is CC(CCCl)NC(=O)c1ccnn1C. The Balaban J connectivity index is 2.55. The third-order valence-electron chi connectivity index (χ3n) is 1.97. The molecule has 78 valence electrons. The molecule has 5 heteroatoms. The van der Waals surface area contributed by atoms with Crippen LogP contribution in [0, 0.1) is 0 Å². The molecule has 0 aliphatic carbocycles. The smallest absolute Gasteiger partial charge is 0.269 e. The van der Waals surface area contributed by atoms with E-state index in [2.05, 4.69) is 10.4 Å². The zero-order chi connectivity index (χ0) is 10.6. The van der Waals surface area contributed by atoms with Gasteiger partial charge >= 0.3 is 0 Å². The molecule has 1 aromatic rings. The number of nitrogens with one attached hydrogen (secondary N) is 1. The monoisotopic (exact) mass is 215 g/mol. The molecule has 0 spiro atoms. The third-order valence-corrected chi connectivity index (χ3v) is 2.19. The Morgan fingerprint density at radius 1 is 1.79 bits per heavy atom. The van der Waals surface area contributed by atoms with Crippen molar-refractivity contribution in [1.82, 2.24) is 15.1 Å². The lowest BCUT2D eigenvalue weighted by molar-refractivity contribution is 0.0930. The van der Waals surface area contributed by atoms with Gasteiger partial charge in [0.05, 0.1) is 0 Å². The number of nitrogens with zero attached hydrogens (tertiary/aromatic N) is 2. The van der Waals surface area contributed by atoms with Crippen molar-refractivity contribution < 1.29 is 4.79 Å². The summed E-state index contributed by atoms with van der Waals surface area (Å²) in [7, 11) is 1.74. The van der Waals surface area contributed by atoms with E-state index in [1.54, 1.807) is 24.0 Å². The van der Waals surface area contributed by atoms with Gasteiger partial charge in [-0.25, -0.2) is 0 Å². The Morgan fingerprint density at radius 3 is 3.00 bits per heavy atom. The van der Waals surface area contributed by atoms with Crippen LogP contribution in [0.25, 0.3) is 0 Å². The van der Waals surface area contributed by atoms with Gasteiger partial charge in [0.1, 0.15) is 5.69 Å². The molecule has 1 amide bonds. The van der Waals surface area contributed by atoms with Gasteiger partial charge in [-0.05, 0) is 19.4 Å². The molecule has 14 heavy (non-hydrogen) atoms.